The number of likely N-dealkylation sites (tertiary alicyclic amines) is 1. The van der Waals surface area contributed by atoms with Crippen LogP contribution in [0.1, 0.15) is 58.8 Å². The molecule has 3 heteroatoms. The summed E-state index contributed by atoms with van der Waals surface area (Å²) < 4.78 is 0. The minimum absolute atomic E-state index is 0.0771. The molecule has 1 saturated heterocycles. The van der Waals surface area contributed by atoms with Gasteiger partial charge in [0, 0.05) is 26.2 Å². The number of rotatable bonds is 6. The Labute approximate surface area is 125 Å². The molecule has 1 aliphatic heterocycles. The number of hydrogen-bond acceptors (Lipinski definition) is 3. The zero-order chi connectivity index (χ0) is 14.4. The van der Waals surface area contributed by atoms with E-state index in [-0.39, 0.29) is 6.10 Å². The lowest BCUT2D eigenvalue weighted by atomic mass is 9.73. The highest BCUT2D eigenvalue weighted by atomic mass is 16.3. The molecule has 3 nitrogen and oxygen atoms in total. The number of aliphatic hydroxyl groups excluding tert-OH is 1. The van der Waals surface area contributed by atoms with Gasteiger partial charge in [-0.25, -0.2) is 0 Å². The average Bonchev–Trinajstić information content (AvgIpc) is 2.44. The smallest absolute Gasteiger partial charge is 0.0590 e. The van der Waals surface area contributed by atoms with E-state index < -0.39 is 0 Å². The molecule has 20 heavy (non-hydrogen) atoms. The van der Waals surface area contributed by atoms with Crippen LogP contribution in [-0.2, 0) is 0 Å². The van der Waals surface area contributed by atoms with Crippen molar-refractivity contribution in [2.45, 2.75) is 64.9 Å². The average molecular weight is 282 g/mol. The maximum Gasteiger partial charge on any atom is 0.0590 e. The van der Waals surface area contributed by atoms with Crippen molar-refractivity contribution in [1.82, 2.24) is 10.2 Å². The number of hydrogen-bond donors (Lipinski definition) is 2. The van der Waals surface area contributed by atoms with E-state index in [1.165, 1.54) is 51.6 Å². The van der Waals surface area contributed by atoms with Gasteiger partial charge >= 0.3 is 0 Å². The minimum Gasteiger partial charge on any atom is -0.393 e. The lowest BCUT2D eigenvalue weighted by molar-refractivity contribution is 0.00844. The van der Waals surface area contributed by atoms with Crippen molar-refractivity contribution < 1.29 is 5.11 Å². The molecule has 2 fully saturated rings. The summed E-state index contributed by atoms with van der Waals surface area (Å²) in [5.74, 6) is 0.438. The first-order chi connectivity index (χ1) is 9.65. The van der Waals surface area contributed by atoms with Gasteiger partial charge in [-0.2, -0.15) is 0 Å². The predicted octanol–water partition coefficient (Wildman–Crippen LogP) is 2.64. The Hall–Kier alpha value is -0.120. The van der Waals surface area contributed by atoms with Gasteiger partial charge in [-0.1, -0.05) is 33.1 Å². The zero-order valence-electron chi connectivity index (χ0n) is 13.5. The summed E-state index contributed by atoms with van der Waals surface area (Å²) in [6.45, 7) is 10.2. The summed E-state index contributed by atoms with van der Waals surface area (Å²) in [6, 6.07) is 0. The van der Waals surface area contributed by atoms with E-state index in [0.29, 0.717) is 11.3 Å². The monoisotopic (exact) mass is 282 g/mol. The Morgan fingerprint density at radius 1 is 1.25 bits per heavy atom. The largest absolute Gasteiger partial charge is 0.393 e. The first-order valence-corrected chi connectivity index (χ1v) is 8.76. The maximum absolute atomic E-state index is 9.90. The van der Waals surface area contributed by atoms with Crippen molar-refractivity contribution in [3.05, 3.63) is 0 Å². The molecule has 1 saturated carbocycles. The third-order valence-corrected chi connectivity index (χ3v) is 5.34. The first kappa shape index (κ1) is 16.3. The molecule has 0 radical (unpaired) electrons. The van der Waals surface area contributed by atoms with Crippen LogP contribution in [0, 0.1) is 11.3 Å². The van der Waals surface area contributed by atoms with Crippen LogP contribution in [0.2, 0.25) is 0 Å². The molecule has 0 aromatic heterocycles. The first-order valence-electron chi connectivity index (χ1n) is 8.76. The van der Waals surface area contributed by atoms with E-state index in [4.69, 9.17) is 0 Å². The lowest BCUT2D eigenvalue weighted by Gasteiger charge is -2.44. The fourth-order valence-electron chi connectivity index (χ4n) is 4.06. The number of nitrogens with one attached hydrogen (secondary N) is 1. The van der Waals surface area contributed by atoms with Crippen LogP contribution in [0.4, 0.5) is 0 Å². The van der Waals surface area contributed by atoms with E-state index in [1.807, 2.05) is 0 Å². The molecule has 2 unspecified atom stereocenters. The quantitative estimate of drug-likeness (QED) is 0.735. The predicted molar refractivity (Wildman–Crippen MR) is 84.9 cm³/mol. The molecule has 2 atom stereocenters. The standard InChI is InChI=1S/C17H34N2O/c1-3-10-18-13-17(8-5-4-6-9-17)14-19-11-7-16(20)15(2)12-19/h15-16,18,20H,3-14H2,1-2H3. The third kappa shape index (κ3) is 4.44. The molecule has 0 bridgehead atoms. The molecular weight excluding hydrogens is 248 g/mol. The van der Waals surface area contributed by atoms with Gasteiger partial charge in [-0.05, 0) is 43.6 Å². The summed E-state index contributed by atoms with van der Waals surface area (Å²) in [5, 5.41) is 13.6. The van der Waals surface area contributed by atoms with Crippen molar-refractivity contribution >= 4 is 0 Å². The minimum atomic E-state index is -0.0771. The van der Waals surface area contributed by atoms with Crippen LogP contribution in [0.25, 0.3) is 0 Å². The number of nitrogens with zero attached hydrogens (tertiary/aromatic N) is 1. The van der Waals surface area contributed by atoms with Crippen LogP contribution >= 0.6 is 0 Å². The van der Waals surface area contributed by atoms with Crippen molar-refractivity contribution in [1.29, 1.82) is 0 Å². The second-order valence-electron chi connectivity index (χ2n) is 7.31. The third-order valence-electron chi connectivity index (χ3n) is 5.34. The van der Waals surface area contributed by atoms with Crippen LogP contribution in [0.5, 0.6) is 0 Å². The van der Waals surface area contributed by atoms with Crippen molar-refractivity contribution in [3.8, 4) is 0 Å². The second kappa shape index (κ2) is 7.77. The molecule has 118 valence electrons. The van der Waals surface area contributed by atoms with Crippen molar-refractivity contribution in [3.63, 3.8) is 0 Å². The highest BCUT2D eigenvalue weighted by Gasteiger charge is 2.35. The fourth-order valence-corrected chi connectivity index (χ4v) is 4.06. The van der Waals surface area contributed by atoms with E-state index in [2.05, 4.69) is 24.1 Å². The molecule has 0 spiro atoms. The zero-order valence-corrected chi connectivity index (χ0v) is 13.5. The summed E-state index contributed by atoms with van der Waals surface area (Å²) in [7, 11) is 0. The van der Waals surface area contributed by atoms with Gasteiger partial charge in [0.2, 0.25) is 0 Å². The summed E-state index contributed by atoms with van der Waals surface area (Å²) >= 11 is 0. The number of aliphatic hydroxyl groups is 1. The highest BCUT2D eigenvalue weighted by molar-refractivity contribution is 4.90. The van der Waals surface area contributed by atoms with Gasteiger partial charge in [0.15, 0.2) is 0 Å². The SMILES string of the molecule is CCCNCC1(CN2CCC(O)C(C)C2)CCCCC1. The van der Waals surface area contributed by atoms with Crippen LogP contribution in [-0.4, -0.2) is 48.8 Å². The van der Waals surface area contributed by atoms with Crippen molar-refractivity contribution in [2.75, 3.05) is 32.7 Å². The van der Waals surface area contributed by atoms with Gasteiger partial charge in [0.25, 0.3) is 0 Å². The fraction of sp³-hybridized carbons (Fsp3) is 1.00. The Kier molecular flexibility index (Phi) is 6.31. The Morgan fingerprint density at radius 2 is 2.00 bits per heavy atom. The van der Waals surface area contributed by atoms with Gasteiger partial charge in [0.05, 0.1) is 6.10 Å². The van der Waals surface area contributed by atoms with E-state index in [1.54, 1.807) is 0 Å². The maximum atomic E-state index is 9.90. The van der Waals surface area contributed by atoms with Crippen LogP contribution in [0.15, 0.2) is 0 Å². The van der Waals surface area contributed by atoms with Gasteiger partial charge < -0.3 is 15.3 Å². The van der Waals surface area contributed by atoms with E-state index >= 15 is 0 Å². The van der Waals surface area contributed by atoms with Crippen LogP contribution in [0.3, 0.4) is 0 Å². The summed E-state index contributed by atoms with van der Waals surface area (Å²) in [6.07, 6.45) is 9.10. The molecule has 2 N–H and O–H groups in total. The summed E-state index contributed by atoms with van der Waals surface area (Å²) in [4.78, 5) is 2.62. The molecule has 0 aromatic rings. The highest BCUT2D eigenvalue weighted by Crippen LogP contribution is 2.37. The molecular formula is C17H34N2O. The molecule has 1 heterocycles. The number of piperidine rings is 1. The van der Waals surface area contributed by atoms with Gasteiger partial charge in [-0.15, -0.1) is 0 Å². The summed E-state index contributed by atoms with van der Waals surface area (Å²) in [5.41, 5.74) is 0.495. The van der Waals surface area contributed by atoms with E-state index in [0.717, 1.165) is 26.1 Å². The van der Waals surface area contributed by atoms with Crippen molar-refractivity contribution in [2.24, 2.45) is 11.3 Å². The second-order valence-corrected chi connectivity index (χ2v) is 7.31. The lowest BCUT2D eigenvalue weighted by Crippen LogP contribution is -2.50. The molecule has 0 aromatic carbocycles. The Balaban J connectivity index is 1.89. The van der Waals surface area contributed by atoms with Gasteiger partial charge in [-0.3, -0.25) is 0 Å². The molecule has 2 aliphatic rings. The molecule has 1 aliphatic carbocycles. The van der Waals surface area contributed by atoms with E-state index in [9.17, 15) is 5.11 Å². The normalized spacial score (nSPS) is 31.4. The Bertz CT molecular complexity index is 276. The Morgan fingerprint density at radius 3 is 2.65 bits per heavy atom. The van der Waals surface area contributed by atoms with Crippen LogP contribution < -0.4 is 5.32 Å². The van der Waals surface area contributed by atoms with Gasteiger partial charge in [0.1, 0.15) is 0 Å². The molecule has 2 rings (SSSR count). The molecule has 0 amide bonds. The topological polar surface area (TPSA) is 35.5 Å².